The van der Waals surface area contributed by atoms with E-state index in [-0.39, 0.29) is 22.5 Å². The Kier molecular flexibility index (Phi) is 7.04. The smallest absolute Gasteiger partial charge is 0.244 e. The molecule has 0 aliphatic heterocycles. The third-order valence-corrected chi connectivity index (χ3v) is 7.80. The summed E-state index contributed by atoms with van der Waals surface area (Å²) >= 11 is 0. The molecule has 9 nitrogen and oxygen atoms in total. The number of anilines is 1. The van der Waals surface area contributed by atoms with Gasteiger partial charge in [-0.2, -0.15) is 0 Å². The van der Waals surface area contributed by atoms with Crippen LogP contribution in [0.1, 0.15) is 16.8 Å². The van der Waals surface area contributed by atoms with Crippen LogP contribution in [0.2, 0.25) is 0 Å². The molecule has 0 saturated carbocycles. The van der Waals surface area contributed by atoms with Crippen molar-refractivity contribution in [2.45, 2.75) is 37.1 Å². The fraction of sp³-hybridized carbons (Fsp3) is 0.222. The summed E-state index contributed by atoms with van der Waals surface area (Å²) in [5.41, 5.74) is 2.30. The number of methoxy groups -OCH3 is 2. The average molecular weight is 522 g/mol. The molecule has 0 fully saturated rings. The molecule has 1 amide bonds. The number of hydrogen-bond acceptors (Lipinski definition) is 7. The zero-order chi connectivity index (χ0) is 26.9. The van der Waals surface area contributed by atoms with E-state index in [0.717, 1.165) is 11.1 Å². The van der Waals surface area contributed by atoms with Crippen LogP contribution in [-0.2, 0) is 21.2 Å². The molecule has 0 unspecified atom stereocenters. The fourth-order valence-corrected chi connectivity index (χ4v) is 5.34. The first kappa shape index (κ1) is 25.9. The quantitative estimate of drug-likeness (QED) is 0.393. The van der Waals surface area contributed by atoms with Crippen LogP contribution in [-0.4, -0.2) is 38.1 Å². The number of amides is 1. The number of nitrogens with one attached hydrogen (secondary N) is 1. The summed E-state index contributed by atoms with van der Waals surface area (Å²) in [6, 6.07) is 12.8. The van der Waals surface area contributed by atoms with E-state index in [9.17, 15) is 18.0 Å². The highest BCUT2D eigenvalue weighted by Gasteiger charge is 2.25. The van der Waals surface area contributed by atoms with Gasteiger partial charge in [0.2, 0.25) is 21.2 Å². The van der Waals surface area contributed by atoms with Crippen LogP contribution >= 0.6 is 0 Å². The standard InChI is InChI=1S/C27H27N3O6S/c1-16-6-8-22(10-17(16)2)37(33,34)24-14-30(27-23(26(24)32)9-7-18(3)28-27)15-25(31)29-19-11-20(35-4)13-21(12-19)36-5/h6-14H,15H2,1-5H3,(H,29,31). The number of benzene rings is 2. The maximum atomic E-state index is 13.5. The minimum Gasteiger partial charge on any atom is -0.497 e. The van der Waals surface area contributed by atoms with E-state index < -0.39 is 26.1 Å². The number of rotatable bonds is 7. The number of carbonyl (C=O) groups excluding carboxylic acids is 1. The van der Waals surface area contributed by atoms with Gasteiger partial charge in [0.15, 0.2) is 0 Å². The zero-order valence-electron chi connectivity index (χ0n) is 21.2. The monoisotopic (exact) mass is 521 g/mol. The Balaban J connectivity index is 1.80. The molecule has 4 rings (SSSR count). The largest absolute Gasteiger partial charge is 0.497 e. The lowest BCUT2D eigenvalue weighted by Crippen LogP contribution is -2.24. The Labute approximate surface area is 214 Å². The molecular formula is C27H27N3O6S. The van der Waals surface area contributed by atoms with Gasteiger partial charge >= 0.3 is 0 Å². The highest BCUT2D eigenvalue weighted by molar-refractivity contribution is 7.91. The van der Waals surface area contributed by atoms with Gasteiger partial charge in [-0.1, -0.05) is 6.07 Å². The third-order valence-electron chi connectivity index (χ3n) is 6.06. The van der Waals surface area contributed by atoms with Gasteiger partial charge in [-0.05, 0) is 56.2 Å². The van der Waals surface area contributed by atoms with Crippen molar-refractivity contribution in [3.8, 4) is 11.5 Å². The van der Waals surface area contributed by atoms with Crippen LogP contribution in [0.15, 0.2) is 69.3 Å². The molecule has 2 heterocycles. The molecular weight excluding hydrogens is 494 g/mol. The van der Waals surface area contributed by atoms with Gasteiger partial charge in [0.05, 0.1) is 24.5 Å². The van der Waals surface area contributed by atoms with Crippen LogP contribution in [0.25, 0.3) is 11.0 Å². The van der Waals surface area contributed by atoms with Crippen LogP contribution in [0.5, 0.6) is 11.5 Å². The Morgan fingerprint density at radius 3 is 2.24 bits per heavy atom. The van der Waals surface area contributed by atoms with Crippen molar-refractivity contribution in [3.63, 3.8) is 0 Å². The van der Waals surface area contributed by atoms with E-state index in [1.807, 2.05) is 6.92 Å². The summed E-state index contributed by atoms with van der Waals surface area (Å²) in [4.78, 5) is 30.4. The maximum absolute atomic E-state index is 13.5. The van der Waals surface area contributed by atoms with E-state index in [0.29, 0.717) is 22.9 Å². The average Bonchev–Trinajstić information content (AvgIpc) is 2.86. The summed E-state index contributed by atoms with van der Waals surface area (Å²) in [6.07, 6.45) is 1.19. The molecule has 192 valence electrons. The van der Waals surface area contributed by atoms with Gasteiger partial charge < -0.3 is 19.4 Å². The summed E-state index contributed by atoms with van der Waals surface area (Å²) < 4.78 is 38.9. The molecule has 2 aromatic heterocycles. The molecule has 0 spiro atoms. The molecule has 10 heteroatoms. The van der Waals surface area contributed by atoms with E-state index in [1.54, 1.807) is 44.2 Å². The molecule has 0 aliphatic rings. The number of sulfone groups is 1. The Bertz CT molecular complexity index is 1670. The second kappa shape index (κ2) is 10.1. The number of hydrogen-bond donors (Lipinski definition) is 1. The highest BCUT2D eigenvalue weighted by atomic mass is 32.2. The lowest BCUT2D eigenvalue weighted by Gasteiger charge is -2.15. The van der Waals surface area contributed by atoms with Gasteiger partial charge in [-0.15, -0.1) is 0 Å². The van der Waals surface area contributed by atoms with Crippen molar-refractivity contribution < 1.29 is 22.7 Å². The van der Waals surface area contributed by atoms with Crippen molar-refractivity contribution in [2.75, 3.05) is 19.5 Å². The highest BCUT2D eigenvalue weighted by Crippen LogP contribution is 2.26. The van der Waals surface area contributed by atoms with Gasteiger partial charge in [-0.3, -0.25) is 9.59 Å². The summed E-state index contributed by atoms with van der Waals surface area (Å²) in [7, 11) is -1.17. The third kappa shape index (κ3) is 5.19. The fourth-order valence-electron chi connectivity index (χ4n) is 3.89. The molecule has 0 bridgehead atoms. The summed E-state index contributed by atoms with van der Waals surface area (Å²) in [6.45, 7) is 5.13. The molecule has 0 saturated heterocycles. The number of pyridine rings is 2. The minimum absolute atomic E-state index is 0.00611. The Morgan fingerprint density at radius 1 is 0.946 bits per heavy atom. The number of fused-ring (bicyclic) bond motifs is 1. The minimum atomic E-state index is -4.17. The molecule has 2 aromatic carbocycles. The summed E-state index contributed by atoms with van der Waals surface area (Å²) in [5.74, 6) is 0.517. The predicted molar refractivity (Wildman–Crippen MR) is 140 cm³/mol. The lowest BCUT2D eigenvalue weighted by molar-refractivity contribution is -0.116. The van der Waals surface area contributed by atoms with Crippen molar-refractivity contribution in [1.29, 1.82) is 0 Å². The predicted octanol–water partition coefficient (Wildman–Crippen LogP) is 3.81. The van der Waals surface area contributed by atoms with Crippen molar-refractivity contribution in [1.82, 2.24) is 9.55 Å². The topological polar surface area (TPSA) is 117 Å². The van der Waals surface area contributed by atoms with Crippen LogP contribution < -0.4 is 20.2 Å². The van der Waals surface area contributed by atoms with Crippen LogP contribution in [0, 0.1) is 20.8 Å². The van der Waals surface area contributed by atoms with Crippen LogP contribution in [0.4, 0.5) is 5.69 Å². The first-order valence-corrected chi connectivity index (χ1v) is 12.9. The van der Waals surface area contributed by atoms with Gasteiger partial charge in [0.1, 0.15) is 28.6 Å². The molecule has 37 heavy (non-hydrogen) atoms. The lowest BCUT2D eigenvalue weighted by atomic mass is 10.1. The Morgan fingerprint density at radius 2 is 1.62 bits per heavy atom. The molecule has 0 aliphatic carbocycles. The second-order valence-electron chi connectivity index (χ2n) is 8.67. The molecule has 0 atom stereocenters. The van der Waals surface area contributed by atoms with Crippen molar-refractivity contribution in [3.05, 3.63) is 81.8 Å². The van der Waals surface area contributed by atoms with Gasteiger partial charge in [-0.25, -0.2) is 13.4 Å². The Hall–Kier alpha value is -4.18. The van der Waals surface area contributed by atoms with E-state index >= 15 is 0 Å². The zero-order valence-corrected chi connectivity index (χ0v) is 22.0. The number of ether oxygens (including phenoxy) is 2. The van der Waals surface area contributed by atoms with Crippen molar-refractivity contribution >= 4 is 32.5 Å². The number of nitrogens with zero attached hydrogens (tertiary/aromatic N) is 2. The maximum Gasteiger partial charge on any atom is 0.244 e. The normalized spacial score (nSPS) is 11.4. The van der Waals surface area contributed by atoms with E-state index in [1.165, 1.54) is 43.2 Å². The second-order valence-corrected chi connectivity index (χ2v) is 10.6. The van der Waals surface area contributed by atoms with Crippen LogP contribution in [0.3, 0.4) is 0 Å². The van der Waals surface area contributed by atoms with Gasteiger partial charge in [0, 0.05) is 35.8 Å². The molecule has 1 N–H and O–H groups in total. The SMILES string of the molecule is COc1cc(NC(=O)Cn2cc(S(=O)(=O)c3ccc(C)c(C)c3)c(=O)c3ccc(C)nc32)cc(OC)c1. The molecule has 4 aromatic rings. The van der Waals surface area contributed by atoms with E-state index in [2.05, 4.69) is 10.3 Å². The number of aromatic nitrogens is 2. The molecule has 0 radical (unpaired) electrons. The van der Waals surface area contributed by atoms with E-state index in [4.69, 9.17) is 9.47 Å². The number of aryl methyl sites for hydroxylation is 3. The number of carbonyl (C=O) groups is 1. The van der Waals surface area contributed by atoms with Crippen molar-refractivity contribution in [2.24, 2.45) is 0 Å². The van der Waals surface area contributed by atoms with Gasteiger partial charge in [0.25, 0.3) is 0 Å². The first-order chi connectivity index (χ1) is 17.5. The first-order valence-electron chi connectivity index (χ1n) is 11.4. The summed E-state index contributed by atoms with van der Waals surface area (Å²) in [5, 5.41) is 2.87.